The number of rotatable bonds is 1. The minimum atomic E-state index is -0.517. The van der Waals surface area contributed by atoms with Crippen LogP contribution >= 0.6 is 15.9 Å². The maximum Gasteiger partial charge on any atom is 0.162 e. The van der Waals surface area contributed by atoms with Crippen molar-refractivity contribution in [3.05, 3.63) is 57.3 Å². The summed E-state index contributed by atoms with van der Waals surface area (Å²) in [6.07, 6.45) is 1.42. The summed E-state index contributed by atoms with van der Waals surface area (Å²) in [6, 6.07) is 10.2. The van der Waals surface area contributed by atoms with Crippen LogP contribution in [0.5, 0.6) is 0 Å². The first-order valence-corrected chi connectivity index (χ1v) is 8.96. The topological polar surface area (TPSA) is 57.8 Å². The second kappa shape index (κ2) is 5.06. The van der Waals surface area contributed by atoms with Crippen LogP contribution in [0.15, 0.2) is 46.2 Å². The molecule has 1 aliphatic carbocycles. The van der Waals surface area contributed by atoms with Crippen LogP contribution in [0.4, 0.5) is 5.82 Å². The lowest BCUT2D eigenvalue weighted by atomic mass is 9.62. The first-order valence-electron chi connectivity index (χ1n) is 8.17. The van der Waals surface area contributed by atoms with Crippen LogP contribution in [0.3, 0.4) is 0 Å². The summed E-state index contributed by atoms with van der Waals surface area (Å²) in [5, 5.41) is 10.8. The van der Waals surface area contributed by atoms with Crippen LogP contribution in [-0.2, 0) is 10.2 Å². The number of carbonyl (C=O) groups excluding carboxylic acids is 1. The lowest BCUT2D eigenvalue weighted by Crippen LogP contribution is -2.41. The number of H-pyrrole nitrogens is 1. The van der Waals surface area contributed by atoms with Gasteiger partial charge < -0.3 is 5.32 Å². The van der Waals surface area contributed by atoms with Gasteiger partial charge in [-0.3, -0.25) is 9.89 Å². The number of carbonyl (C=O) groups is 1. The van der Waals surface area contributed by atoms with Crippen LogP contribution in [0.2, 0.25) is 0 Å². The number of Topliss-reactive ketones (excluding diaryl/α,β-unsaturated/α-hetero) is 1. The SMILES string of the molecule is CC1(C)CC(=O)C2=C(C1)Nc1n[nH]c(Br)c1C2(C)c1ccccc1. The zero-order chi connectivity index (χ0) is 17.1. The number of halogens is 1. The largest absolute Gasteiger partial charge is 0.342 e. The smallest absolute Gasteiger partial charge is 0.162 e. The molecule has 5 heteroatoms. The van der Waals surface area contributed by atoms with Crippen LogP contribution in [0.1, 0.15) is 44.7 Å². The highest BCUT2D eigenvalue weighted by Gasteiger charge is 2.49. The summed E-state index contributed by atoms with van der Waals surface area (Å²) in [4.78, 5) is 13.1. The van der Waals surface area contributed by atoms with Gasteiger partial charge in [0.2, 0.25) is 0 Å². The molecule has 2 aliphatic rings. The molecule has 0 bridgehead atoms. The fourth-order valence-corrected chi connectivity index (χ4v) is 4.88. The lowest BCUT2D eigenvalue weighted by molar-refractivity contribution is -0.118. The zero-order valence-corrected chi connectivity index (χ0v) is 15.6. The number of allylic oxidation sites excluding steroid dienone is 2. The summed E-state index contributed by atoms with van der Waals surface area (Å²) >= 11 is 3.59. The normalized spacial score (nSPS) is 25.1. The van der Waals surface area contributed by atoms with Crippen molar-refractivity contribution in [1.82, 2.24) is 10.2 Å². The molecule has 24 heavy (non-hydrogen) atoms. The molecule has 2 N–H and O–H groups in total. The van der Waals surface area contributed by atoms with E-state index in [1.165, 1.54) is 0 Å². The Hall–Kier alpha value is -1.88. The number of aromatic nitrogens is 2. The molecular formula is C19H20BrN3O. The second-order valence-corrected chi connectivity index (χ2v) is 8.46. The molecule has 0 saturated carbocycles. The third-order valence-electron chi connectivity index (χ3n) is 5.22. The van der Waals surface area contributed by atoms with Gasteiger partial charge in [0.15, 0.2) is 11.6 Å². The van der Waals surface area contributed by atoms with E-state index in [9.17, 15) is 4.79 Å². The number of fused-ring (bicyclic) bond motifs is 1. The average Bonchev–Trinajstić information content (AvgIpc) is 2.88. The Balaban J connectivity index is 2.02. The van der Waals surface area contributed by atoms with Gasteiger partial charge in [0.25, 0.3) is 0 Å². The van der Waals surface area contributed by atoms with E-state index < -0.39 is 5.41 Å². The standard InChI is InChI=1S/C19H20BrN3O/c1-18(2)9-12-14(13(24)10-18)19(3,11-7-5-4-6-8-11)15-16(20)22-23-17(15)21-12/h4-8H,9-10H2,1-3H3,(H2,21,22,23). The van der Waals surface area contributed by atoms with Gasteiger partial charge >= 0.3 is 0 Å². The Morgan fingerprint density at radius 1 is 1.12 bits per heavy atom. The van der Waals surface area contributed by atoms with Crippen molar-refractivity contribution >= 4 is 27.5 Å². The number of nitrogens with zero attached hydrogens (tertiary/aromatic N) is 1. The van der Waals surface area contributed by atoms with Gasteiger partial charge in [-0.1, -0.05) is 44.2 Å². The van der Waals surface area contributed by atoms with E-state index in [1.54, 1.807) is 0 Å². The molecule has 124 valence electrons. The first-order chi connectivity index (χ1) is 11.3. The molecule has 0 radical (unpaired) electrons. The van der Waals surface area contributed by atoms with Crippen molar-refractivity contribution < 1.29 is 4.79 Å². The van der Waals surface area contributed by atoms with Gasteiger partial charge in [-0.25, -0.2) is 0 Å². The van der Waals surface area contributed by atoms with Crippen molar-refractivity contribution in [2.24, 2.45) is 5.41 Å². The molecule has 0 amide bonds. The number of benzene rings is 1. The summed E-state index contributed by atoms with van der Waals surface area (Å²) in [7, 11) is 0. The van der Waals surface area contributed by atoms with E-state index in [0.717, 1.165) is 39.2 Å². The van der Waals surface area contributed by atoms with Gasteiger partial charge in [-0.2, -0.15) is 5.10 Å². The number of anilines is 1. The highest BCUT2D eigenvalue weighted by Crippen LogP contribution is 2.53. The van der Waals surface area contributed by atoms with Crippen molar-refractivity contribution in [2.45, 2.75) is 39.0 Å². The summed E-state index contributed by atoms with van der Waals surface area (Å²) < 4.78 is 0.820. The van der Waals surface area contributed by atoms with Gasteiger partial charge in [0.05, 0.1) is 5.41 Å². The molecule has 0 fully saturated rings. The first kappa shape index (κ1) is 15.6. The van der Waals surface area contributed by atoms with Gasteiger partial charge in [-0.15, -0.1) is 0 Å². The Labute approximate surface area is 149 Å². The number of hydrogen-bond acceptors (Lipinski definition) is 3. The van der Waals surface area contributed by atoms with Crippen molar-refractivity contribution in [2.75, 3.05) is 5.32 Å². The fourth-order valence-electron chi connectivity index (χ4n) is 4.20. The fraction of sp³-hybridized carbons (Fsp3) is 0.368. The van der Waals surface area contributed by atoms with E-state index in [1.807, 2.05) is 18.2 Å². The predicted molar refractivity (Wildman–Crippen MR) is 97.9 cm³/mol. The van der Waals surface area contributed by atoms with E-state index >= 15 is 0 Å². The monoisotopic (exact) mass is 385 g/mol. The molecule has 1 atom stereocenters. The number of aromatic amines is 1. The maximum atomic E-state index is 13.1. The molecule has 2 heterocycles. The highest BCUT2D eigenvalue weighted by molar-refractivity contribution is 9.10. The van der Waals surface area contributed by atoms with E-state index in [4.69, 9.17) is 0 Å². The van der Waals surface area contributed by atoms with E-state index in [-0.39, 0.29) is 11.2 Å². The number of hydrogen-bond donors (Lipinski definition) is 2. The number of ketones is 1. The summed E-state index contributed by atoms with van der Waals surface area (Å²) in [6.45, 7) is 6.42. The third-order valence-corrected chi connectivity index (χ3v) is 5.79. The molecule has 2 aromatic rings. The Morgan fingerprint density at radius 3 is 2.54 bits per heavy atom. The molecule has 0 saturated heterocycles. The quantitative estimate of drug-likeness (QED) is 0.756. The summed E-state index contributed by atoms with van der Waals surface area (Å²) in [5.41, 5.74) is 3.44. The van der Waals surface area contributed by atoms with Gasteiger partial charge in [0, 0.05) is 23.3 Å². The van der Waals surface area contributed by atoms with Crippen LogP contribution < -0.4 is 5.32 Å². The highest BCUT2D eigenvalue weighted by atomic mass is 79.9. The van der Waals surface area contributed by atoms with Crippen LogP contribution in [0, 0.1) is 5.41 Å². The molecular weight excluding hydrogens is 366 g/mol. The lowest BCUT2D eigenvalue weighted by Gasteiger charge is -2.43. The average molecular weight is 386 g/mol. The Bertz CT molecular complexity index is 866. The third kappa shape index (κ3) is 2.10. The van der Waals surface area contributed by atoms with E-state index in [0.29, 0.717) is 6.42 Å². The molecule has 1 aromatic carbocycles. The minimum Gasteiger partial charge on any atom is -0.342 e. The molecule has 0 spiro atoms. The molecule has 1 aliphatic heterocycles. The van der Waals surface area contributed by atoms with Crippen LogP contribution in [-0.4, -0.2) is 16.0 Å². The Morgan fingerprint density at radius 2 is 1.83 bits per heavy atom. The molecule has 1 unspecified atom stereocenters. The summed E-state index contributed by atoms with van der Waals surface area (Å²) in [5.74, 6) is 1.02. The number of nitrogens with one attached hydrogen (secondary N) is 2. The van der Waals surface area contributed by atoms with Crippen molar-refractivity contribution in [3.63, 3.8) is 0 Å². The maximum absolute atomic E-state index is 13.1. The molecule has 4 nitrogen and oxygen atoms in total. The molecule has 1 aromatic heterocycles. The van der Waals surface area contributed by atoms with E-state index in [2.05, 4.69) is 64.3 Å². The van der Waals surface area contributed by atoms with Crippen molar-refractivity contribution in [1.29, 1.82) is 0 Å². The second-order valence-electron chi connectivity index (χ2n) is 7.67. The minimum absolute atomic E-state index is 0.0362. The van der Waals surface area contributed by atoms with Crippen molar-refractivity contribution in [3.8, 4) is 0 Å². The van der Waals surface area contributed by atoms with Gasteiger partial charge in [-0.05, 0) is 40.3 Å². The molecule has 4 rings (SSSR count). The zero-order valence-electron chi connectivity index (χ0n) is 14.0. The Kier molecular flexibility index (Phi) is 3.29. The predicted octanol–water partition coefficient (Wildman–Crippen LogP) is 4.55. The van der Waals surface area contributed by atoms with Crippen LogP contribution in [0.25, 0.3) is 0 Å². The van der Waals surface area contributed by atoms with Gasteiger partial charge in [0.1, 0.15) is 4.60 Å².